The summed E-state index contributed by atoms with van der Waals surface area (Å²) in [5.41, 5.74) is 0.861. The molecule has 0 saturated carbocycles. The molecule has 0 aliphatic carbocycles. The molecule has 0 saturated heterocycles. The molecule has 5 nitrogen and oxygen atoms in total. The first-order valence-corrected chi connectivity index (χ1v) is 10.9. The molecular formula is C21H28N2O3S. The first kappa shape index (κ1) is 21.0. The van der Waals surface area contributed by atoms with Gasteiger partial charge in [-0.15, -0.1) is 0 Å². The Labute approximate surface area is 162 Å². The molecule has 1 N–H and O–H groups in total. The van der Waals surface area contributed by atoms with Gasteiger partial charge in [0.25, 0.3) is 15.9 Å². The van der Waals surface area contributed by atoms with Crippen LogP contribution in [0.1, 0.15) is 44.0 Å². The number of benzene rings is 2. The Balaban J connectivity index is 2.20. The second-order valence-corrected chi connectivity index (χ2v) is 8.21. The van der Waals surface area contributed by atoms with E-state index >= 15 is 0 Å². The molecule has 0 fully saturated rings. The molecular weight excluding hydrogens is 360 g/mol. The van der Waals surface area contributed by atoms with Crippen molar-refractivity contribution in [1.29, 1.82) is 0 Å². The summed E-state index contributed by atoms with van der Waals surface area (Å²) in [5.74, 6) is 0.388. The van der Waals surface area contributed by atoms with E-state index in [0.29, 0.717) is 30.3 Å². The number of rotatable bonds is 9. The van der Waals surface area contributed by atoms with Crippen LogP contribution in [0, 0.1) is 5.92 Å². The Hall–Kier alpha value is -2.34. The van der Waals surface area contributed by atoms with E-state index in [0.717, 1.165) is 12.8 Å². The number of carbonyl (C=O) groups is 1. The number of sulfonamides is 1. The van der Waals surface area contributed by atoms with Gasteiger partial charge in [-0.25, -0.2) is 8.42 Å². The van der Waals surface area contributed by atoms with Gasteiger partial charge in [-0.2, -0.15) is 0 Å². The second-order valence-electron chi connectivity index (χ2n) is 6.53. The molecule has 2 rings (SSSR count). The smallest absolute Gasteiger partial charge is 0.261 e. The molecule has 146 valence electrons. The highest BCUT2D eigenvalue weighted by Gasteiger charge is 2.19. The minimum absolute atomic E-state index is 0.0786. The van der Waals surface area contributed by atoms with Crippen LogP contribution < -0.4 is 4.72 Å². The third kappa shape index (κ3) is 5.57. The Kier molecular flexibility index (Phi) is 7.42. The molecule has 0 atom stereocenters. The quantitative estimate of drug-likeness (QED) is 0.693. The molecule has 27 heavy (non-hydrogen) atoms. The molecule has 0 heterocycles. The summed E-state index contributed by atoms with van der Waals surface area (Å²) in [6.45, 7) is 7.55. The predicted molar refractivity (Wildman–Crippen MR) is 109 cm³/mol. The molecule has 0 aliphatic rings. The van der Waals surface area contributed by atoms with Crippen LogP contribution in [0.4, 0.5) is 5.69 Å². The third-order valence-corrected chi connectivity index (χ3v) is 6.11. The Morgan fingerprint density at radius 2 is 1.67 bits per heavy atom. The lowest BCUT2D eigenvalue weighted by atomic mass is 10.0. The SMILES string of the molecule is CCC(CC)CN(CC)C(=O)c1cccc(NS(=O)(=O)c2ccccc2)c1. The van der Waals surface area contributed by atoms with Crippen molar-refractivity contribution in [3.63, 3.8) is 0 Å². The third-order valence-electron chi connectivity index (χ3n) is 4.72. The van der Waals surface area contributed by atoms with E-state index in [2.05, 4.69) is 18.6 Å². The zero-order chi connectivity index (χ0) is 19.9. The second kappa shape index (κ2) is 9.55. The summed E-state index contributed by atoms with van der Waals surface area (Å²) in [6.07, 6.45) is 2.05. The highest BCUT2D eigenvalue weighted by molar-refractivity contribution is 7.92. The van der Waals surface area contributed by atoms with Crippen LogP contribution in [0.5, 0.6) is 0 Å². The van der Waals surface area contributed by atoms with Gasteiger partial charge in [0.05, 0.1) is 4.90 Å². The standard InChI is InChI=1S/C21H28N2O3S/c1-4-17(5-2)16-23(6-3)21(24)18-11-10-12-19(15-18)22-27(25,26)20-13-8-7-9-14-20/h7-15,17,22H,4-6,16H2,1-3H3. The fourth-order valence-corrected chi connectivity index (χ4v) is 4.00. The molecule has 0 radical (unpaired) electrons. The van der Waals surface area contributed by atoms with Gasteiger partial charge in [0.2, 0.25) is 0 Å². The maximum Gasteiger partial charge on any atom is 0.261 e. The predicted octanol–water partition coefficient (Wildman–Crippen LogP) is 4.39. The number of hydrogen-bond donors (Lipinski definition) is 1. The van der Waals surface area contributed by atoms with Gasteiger partial charge < -0.3 is 4.90 Å². The topological polar surface area (TPSA) is 66.5 Å². The zero-order valence-electron chi connectivity index (χ0n) is 16.2. The zero-order valence-corrected chi connectivity index (χ0v) is 17.0. The maximum atomic E-state index is 12.9. The fourth-order valence-electron chi connectivity index (χ4n) is 2.93. The minimum Gasteiger partial charge on any atom is -0.339 e. The summed E-state index contributed by atoms with van der Waals surface area (Å²) in [5, 5.41) is 0. The average Bonchev–Trinajstić information content (AvgIpc) is 2.69. The van der Waals surface area contributed by atoms with Gasteiger partial charge in [0, 0.05) is 24.3 Å². The van der Waals surface area contributed by atoms with E-state index in [4.69, 9.17) is 0 Å². The first-order valence-electron chi connectivity index (χ1n) is 9.38. The maximum absolute atomic E-state index is 12.9. The van der Waals surface area contributed by atoms with Crippen molar-refractivity contribution >= 4 is 21.6 Å². The van der Waals surface area contributed by atoms with E-state index in [-0.39, 0.29) is 10.8 Å². The van der Waals surface area contributed by atoms with Crippen molar-refractivity contribution < 1.29 is 13.2 Å². The van der Waals surface area contributed by atoms with Crippen molar-refractivity contribution in [2.24, 2.45) is 5.92 Å². The average molecular weight is 389 g/mol. The van der Waals surface area contributed by atoms with E-state index < -0.39 is 10.0 Å². The van der Waals surface area contributed by atoms with Crippen molar-refractivity contribution in [2.75, 3.05) is 17.8 Å². The van der Waals surface area contributed by atoms with Crippen LogP contribution >= 0.6 is 0 Å². The van der Waals surface area contributed by atoms with Gasteiger partial charge >= 0.3 is 0 Å². The number of amides is 1. The van der Waals surface area contributed by atoms with E-state index in [1.807, 2.05) is 11.8 Å². The summed E-state index contributed by atoms with van der Waals surface area (Å²) in [4.78, 5) is 14.9. The number of nitrogens with zero attached hydrogens (tertiary/aromatic N) is 1. The normalized spacial score (nSPS) is 11.4. The van der Waals surface area contributed by atoms with Crippen molar-refractivity contribution in [3.8, 4) is 0 Å². The summed E-state index contributed by atoms with van der Waals surface area (Å²) in [7, 11) is -3.68. The van der Waals surface area contributed by atoms with Crippen LogP contribution in [0.3, 0.4) is 0 Å². The summed E-state index contributed by atoms with van der Waals surface area (Å²) in [6, 6.07) is 14.8. The Morgan fingerprint density at radius 3 is 2.26 bits per heavy atom. The first-order chi connectivity index (χ1) is 12.9. The van der Waals surface area contributed by atoms with Crippen molar-refractivity contribution in [1.82, 2.24) is 4.90 Å². The van der Waals surface area contributed by atoms with Gasteiger partial charge in [0.1, 0.15) is 0 Å². The molecule has 0 bridgehead atoms. The lowest BCUT2D eigenvalue weighted by molar-refractivity contribution is 0.0735. The number of carbonyl (C=O) groups excluding carboxylic acids is 1. The summed E-state index contributed by atoms with van der Waals surface area (Å²) < 4.78 is 27.5. The molecule has 0 spiro atoms. The molecule has 1 amide bonds. The Bertz CT molecular complexity index is 847. The molecule has 0 aliphatic heterocycles. The monoisotopic (exact) mass is 388 g/mol. The van der Waals surface area contributed by atoms with Gasteiger partial charge in [-0.3, -0.25) is 9.52 Å². The van der Waals surface area contributed by atoms with E-state index in [9.17, 15) is 13.2 Å². The summed E-state index contributed by atoms with van der Waals surface area (Å²) >= 11 is 0. The fraction of sp³-hybridized carbons (Fsp3) is 0.381. The Morgan fingerprint density at radius 1 is 1.00 bits per heavy atom. The van der Waals surface area contributed by atoms with E-state index in [1.165, 1.54) is 12.1 Å². The minimum atomic E-state index is -3.68. The van der Waals surface area contributed by atoms with Crippen LogP contribution in [-0.4, -0.2) is 32.3 Å². The van der Waals surface area contributed by atoms with Crippen molar-refractivity contribution in [3.05, 3.63) is 60.2 Å². The van der Waals surface area contributed by atoms with Crippen molar-refractivity contribution in [2.45, 2.75) is 38.5 Å². The van der Waals surface area contributed by atoms with Crippen LogP contribution in [0.2, 0.25) is 0 Å². The van der Waals surface area contributed by atoms with Crippen LogP contribution in [0.15, 0.2) is 59.5 Å². The van der Waals surface area contributed by atoms with Crippen LogP contribution in [0.25, 0.3) is 0 Å². The van der Waals surface area contributed by atoms with Gasteiger partial charge in [-0.1, -0.05) is 51.0 Å². The largest absolute Gasteiger partial charge is 0.339 e. The van der Waals surface area contributed by atoms with Crippen LogP contribution in [-0.2, 0) is 10.0 Å². The molecule has 2 aromatic carbocycles. The lowest BCUT2D eigenvalue weighted by Crippen LogP contribution is -2.35. The lowest BCUT2D eigenvalue weighted by Gasteiger charge is -2.25. The highest BCUT2D eigenvalue weighted by atomic mass is 32.2. The number of anilines is 1. The van der Waals surface area contributed by atoms with Gasteiger partial charge in [0.15, 0.2) is 0 Å². The molecule has 0 unspecified atom stereocenters. The van der Waals surface area contributed by atoms with Gasteiger partial charge in [-0.05, 0) is 43.2 Å². The molecule has 6 heteroatoms. The number of nitrogens with one attached hydrogen (secondary N) is 1. The molecule has 0 aromatic heterocycles. The number of hydrogen-bond acceptors (Lipinski definition) is 3. The van der Waals surface area contributed by atoms with E-state index in [1.54, 1.807) is 42.5 Å². The highest BCUT2D eigenvalue weighted by Crippen LogP contribution is 2.19. The molecule has 2 aromatic rings.